The number of phenolic OH excluding ortho intramolecular Hbond substituents is 1. The van der Waals surface area contributed by atoms with Crippen LogP contribution in [-0.4, -0.2) is 17.9 Å². The van der Waals surface area contributed by atoms with Crippen LogP contribution in [0.4, 0.5) is 0 Å². The summed E-state index contributed by atoms with van der Waals surface area (Å²) in [4.78, 5) is 0. The van der Waals surface area contributed by atoms with Crippen LogP contribution in [0.1, 0.15) is 16.7 Å². The lowest BCUT2D eigenvalue weighted by Gasteiger charge is -2.08. The molecule has 2 rings (SSSR count). The van der Waals surface area contributed by atoms with Crippen molar-refractivity contribution in [3.63, 3.8) is 0 Å². The zero-order chi connectivity index (χ0) is 14.4. The highest BCUT2D eigenvalue weighted by molar-refractivity contribution is 5.79. The number of phenols is 1. The molecule has 2 aromatic carbocycles. The second kappa shape index (κ2) is 6.61. The number of aryl methyl sites for hydroxylation is 1. The minimum Gasteiger partial charge on any atom is -0.508 e. The Morgan fingerprint density at radius 2 is 1.95 bits per heavy atom. The zero-order valence-electron chi connectivity index (χ0n) is 11.4. The van der Waals surface area contributed by atoms with Crippen LogP contribution in [-0.2, 0) is 6.42 Å². The molecule has 0 spiro atoms. The molecular formula is C16H18N2O2. The number of hydrazone groups is 1. The van der Waals surface area contributed by atoms with Gasteiger partial charge in [-0.1, -0.05) is 24.3 Å². The lowest BCUT2D eigenvalue weighted by atomic mass is 10.1. The van der Waals surface area contributed by atoms with E-state index in [2.05, 4.69) is 5.10 Å². The third kappa shape index (κ3) is 4.02. The molecule has 0 fully saturated rings. The van der Waals surface area contributed by atoms with Gasteiger partial charge in [0.25, 0.3) is 0 Å². The van der Waals surface area contributed by atoms with E-state index in [4.69, 9.17) is 10.6 Å². The summed E-state index contributed by atoms with van der Waals surface area (Å²) in [6.07, 6.45) is 2.41. The summed E-state index contributed by atoms with van der Waals surface area (Å²) in [6.45, 7) is 2.48. The molecule has 4 nitrogen and oxygen atoms in total. The Hall–Kier alpha value is -2.49. The summed E-state index contributed by atoms with van der Waals surface area (Å²) < 4.78 is 5.64. The smallest absolute Gasteiger partial charge is 0.123 e. The number of hydrogen-bond donors (Lipinski definition) is 2. The SMILES string of the molecule is Cc1cc(O)cc(OCCc2ccc(C=NN)cc2)c1. The van der Waals surface area contributed by atoms with Gasteiger partial charge < -0.3 is 15.7 Å². The lowest BCUT2D eigenvalue weighted by Crippen LogP contribution is -2.01. The van der Waals surface area contributed by atoms with E-state index < -0.39 is 0 Å². The molecule has 0 aliphatic rings. The van der Waals surface area contributed by atoms with Crippen molar-refractivity contribution >= 4 is 6.21 Å². The van der Waals surface area contributed by atoms with Crippen LogP contribution in [0, 0.1) is 6.92 Å². The van der Waals surface area contributed by atoms with Crippen molar-refractivity contribution in [2.24, 2.45) is 10.9 Å². The van der Waals surface area contributed by atoms with Gasteiger partial charge in [0.15, 0.2) is 0 Å². The van der Waals surface area contributed by atoms with E-state index in [0.29, 0.717) is 12.4 Å². The van der Waals surface area contributed by atoms with Gasteiger partial charge in [0, 0.05) is 12.5 Å². The van der Waals surface area contributed by atoms with Gasteiger partial charge in [-0.3, -0.25) is 0 Å². The molecule has 0 heterocycles. The summed E-state index contributed by atoms with van der Waals surface area (Å²) in [5.74, 6) is 6.01. The van der Waals surface area contributed by atoms with Crippen LogP contribution in [0.15, 0.2) is 47.6 Å². The Labute approximate surface area is 118 Å². The zero-order valence-corrected chi connectivity index (χ0v) is 11.4. The molecule has 0 aromatic heterocycles. The van der Waals surface area contributed by atoms with Gasteiger partial charge in [-0.15, -0.1) is 0 Å². The molecular weight excluding hydrogens is 252 g/mol. The molecule has 0 atom stereocenters. The number of benzene rings is 2. The van der Waals surface area contributed by atoms with E-state index in [1.165, 1.54) is 5.56 Å². The lowest BCUT2D eigenvalue weighted by molar-refractivity contribution is 0.319. The monoisotopic (exact) mass is 270 g/mol. The van der Waals surface area contributed by atoms with Crippen molar-refractivity contribution in [1.82, 2.24) is 0 Å². The maximum absolute atomic E-state index is 9.49. The molecule has 0 unspecified atom stereocenters. The maximum Gasteiger partial charge on any atom is 0.123 e. The predicted octanol–water partition coefficient (Wildman–Crippen LogP) is 2.61. The Kier molecular flexibility index (Phi) is 4.60. The quantitative estimate of drug-likeness (QED) is 0.498. The minimum atomic E-state index is 0.227. The predicted molar refractivity (Wildman–Crippen MR) is 80.3 cm³/mol. The number of rotatable bonds is 5. The minimum absolute atomic E-state index is 0.227. The molecule has 0 radical (unpaired) electrons. The third-order valence-electron chi connectivity index (χ3n) is 2.90. The molecule has 2 aromatic rings. The summed E-state index contributed by atoms with van der Waals surface area (Å²) >= 11 is 0. The fourth-order valence-corrected chi connectivity index (χ4v) is 1.95. The largest absolute Gasteiger partial charge is 0.508 e. The van der Waals surface area contributed by atoms with Crippen LogP contribution in [0.2, 0.25) is 0 Å². The van der Waals surface area contributed by atoms with Crippen LogP contribution in [0.5, 0.6) is 11.5 Å². The Bertz CT molecular complexity index is 572. The maximum atomic E-state index is 9.49. The normalized spacial score (nSPS) is 10.8. The Morgan fingerprint density at radius 1 is 1.20 bits per heavy atom. The first-order valence-electron chi connectivity index (χ1n) is 6.43. The van der Waals surface area contributed by atoms with Crippen molar-refractivity contribution < 1.29 is 9.84 Å². The molecule has 0 bridgehead atoms. The first-order chi connectivity index (χ1) is 9.67. The van der Waals surface area contributed by atoms with Crippen molar-refractivity contribution in [3.8, 4) is 11.5 Å². The molecule has 3 N–H and O–H groups in total. The summed E-state index contributed by atoms with van der Waals surface area (Å²) in [5.41, 5.74) is 3.13. The van der Waals surface area contributed by atoms with Crippen LogP contribution < -0.4 is 10.6 Å². The van der Waals surface area contributed by atoms with Crippen molar-refractivity contribution in [2.75, 3.05) is 6.61 Å². The van der Waals surface area contributed by atoms with E-state index in [0.717, 1.165) is 17.5 Å². The van der Waals surface area contributed by atoms with Crippen molar-refractivity contribution in [1.29, 1.82) is 0 Å². The Morgan fingerprint density at radius 3 is 2.60 bits per heavy atom. The first kappa shape index (κ1) is 13.9. The summed E-state index contributed by atoms with van der Waals surface area (Å²) in [5, 5.41) is 13.0. The average molecular weight is 270 g/mol. The van der Waals surface area contributed by atoms with Gasteiger partial charge in [0.2, 0.25) is 0 Å². The molecule has 4 heteroatoms. The fraction of sp³-hybridized carbons (Fsp3) is 0.188. The van der Waals surface area contributed by atoms with E-state index in [9.17, 15) is 5.11 Å². The molecule has 0 amide bonds. The topological polar surface area (TPSA) is 67.8 Å². The number of nitrogens with zero attached hydrogens (tertiary/aromatic N) is 1. The van der Waals surface area contributed by atoms with Crippen molar-refractivity contribution in [3.05, 3.63) is 59.2 Å². The molecule has 0 saturated carbocycles. The van der Waals surface area contributed by atoms with Crippen LogP contribution >= 0.6 is 0 Å². The number of nitrogens with two attached hydrogens (primary N) is 1. The molecule has 20 heavy (non-hydrogen) atoms. The van der Waals surface area contributed by atoms with Crippen LogP contribution in [0.3, 0.4) is 0 Å². The highest BCUT2D eigenvalue weighted by Crippen LogP contribution is 2.21. The average Bonchev–Trinajstić information content (AvgIpc) is 2.40. The second-order valence-corrected chi connectivity index (χ2v) is 4.62. The van der Waals surface area contributed by atoms with Gasteiger partial charge in [-0.2, -0.15) is 5.10 Å². The second-order valence-electron chi connectivity index (χ2n) is 4.62. The van der Waals surface area contributed by atoms with Gasteiger partial charge >= 0.3 is 0 Å². The van der Waals surface area contributed by atoms with E-state index in [-0.39, 0.29) is 5.75 Å². The number of ether oxygens (including phenoxy) is 1. The molecule has 0 saturated heterocycles. The van der Waals surface area contributed by atoms with E-state index >= 15 is 0 Å². The van der Waals surface area contributed by atoms with Gasteiger partial charge in [-0.25, -0.2) is 0 Å². The van der Waals surface area contributed by atoms with Gasteiger partial charge in [-0.05, 0) is 35.7 Å². The molecule has 0 aliphatic heterocycles. The first-order valence-corrected chi connectivity index (χ1v) is 6.43. The highest BCUT2D eigenvalue weighted by Gasteiger charge is 1.99. The molecule has 104 valence electrons. The summed E-state index contributed by atoms with van der Waals surface area (Å²) in [6, 6.07) is 13.2. The number of aromatic hydroxyl groups is 1. The molecule has 0 aliphatic carbocycles. The van der Waals surface area contributed by atoms with Gasteiger partial charge in [0.1, 0.15) is 11.5 Å². The Balaban J connectivity index is 1.89. The highest BCUT2D eigenvalue weighted by atomic mass is 16.5. The van der Waals surface area contributed by atoms with E-state index in [1.807, 2.05) is 37.3 Å². The van der Waals surface area contributed by atoms with E-state index in [1.54, 1.807) is 18.3 Å². The fourth-order valence-electron chi connectivity index (χ4n) is 1.95. The van der Waals surface area contributed by atoms with Crippen molar-refractivity contribution in [2.45, 2.75) is 13.3 Å². The third-order valence-corrected chi connectivity index (χ3v) is 2.90. The van der Waals surface area contributed by atoms with Crippen LogP contribution in [0.25, 0.3) is 0 Å². The standard InChI is InChI=1S/C16H18N2O2/c1-12-8-15(19)10-16(9-12)20-7-6-13-2-4-14(5-3-13)11-18-17/h2-5,8-11,19H,6-7,17H2,1H3. The number of hydrogen-bond acceptors (Lipinski definition) is 4. The summed E-state index contributed by atoms with van der Waals surface area (Å²) in [7, 11) is 0. The van der Waals surface area contributed by atoms with Gasteiger partial charge in [0.05, 0.1) is 12.8 Å².